The van der Waals surface area contributed by atoms with Crippen molar-refractivity contribution in [3.05, 3.63) is 47.5 Å². The number of amides is 1. The SMILES string of the molecule is Cc1sc2nc(-c3cc(OCCn4ccnc4)ccn3)nc(N(C)CC(=O)NC(C)(C)C)c2c1C. The van der Waals surface area contributed by atoms with E-state index in [1.807, 2.05) is 55.6 Å². The summed E-state index contributed by atoms with van der Waals surface area (Å²) in [4.78, 5) is 34.8. The first-order chi connectivity index (χ1) is 16.6. The summed E-state index contributed by atoms with van der Waals surface area (Å²) >= 11 is 1.62. The fourth-order valence-corrected chi connectivity index (χ4v) is 4.70. The van der Waals surface area contributed by atoms with Gasteiger partial charge in [-0.3, -0.25) is 9.78 Å². The predicted octanol–water partition coefficient (Wildman–Crippen LogP) is 4.00. The number of aromatic nitrogens is 5. The topological polar surface area (TPSA) is 98.1 Å². The monoisotopic (exact) mass is 493 g/mol. The van der Waals surface area contributed by atoms with Gasteiger partial charge in [-0.1, -0.05) is 0 Å². The van der Waals surface area contributed by atoms with Crippen LogP contribution in [-0.4, -0.2) is 56.1 Å². The largest absolute Gasteiger partial charge is 0.492 e. The number of likely N-dealkylation sites (N-methyl/N-ethyl adjacent to an activating group) is 1. The molecule has 4 aromatic heterocycles. The number of ether oxygens (including phenoxy) is 1. The Morgan fingerprint density at radius 3 is 2.74 bits per heavy atom. The number of nitrogens with zero attached hydrogens (tertiary/aromatic N) is 6. The summed E-state index contributed by atoms with van der Waals surface area (Å²) in [6.07, 6.45) is 7.10. The first-order valence-electron chi connectivity index (χ1n) is 11.5. The number of hydrogen-bond acceptors (Lipinski definition) is 8. The van der Waals surface area contributed by atoms with Gasteiger partial charge in [0.15, 0.2) is 5.82 Å². The van der Waals surface area contributed by atoms with Gasteiger partial charge in [-0.05, 0) is 46.2 Å². The summed E-state index contributed by atoms with van der Waals surface area (Å²) < 4.78 is 7.88. The maximum atomic E-state index is 12.6. The Morgan fingerprint density at radius 1 is 1.23 bits per heavy atom. The average molecular weight is 494 g/mol. The van der Waals surface area contributed by atoms with E-state index < -0.39 is 0 Å². The number of carbonyl (C=O) groups excluding carboxylic acids is 1. The van der Waals surface area contributed by atoms with Crippen LogP contribution in [0.4, 0.5) is 5.82 Å². The minimum atomic E-state index is -0.304. The molecule has 0 atom stereocenters. The predicted molar refractivity (Wildman–Crippen MR) is 139 cm³/mol. The molecule has 0 aliphatic heterocycles. The van der Waals surface area contributed by atoms with Crippen molar-refractivity contribution in [3.8, 4) is 17.3 Å². The molecule has 0 spiro atoms. The smallest absolute Gasteiger partial charge is 0.239 e. The summed E-state index contributed by atoms with van der Waals surface area (Å²) in [5.74, 6) is 1.84. The molecule has 0 bridgehead atoms. The number of carbonyl (C=O) groups is 1. The Morgan fingerprint density at radius 2 is 2.03 bits per heavy atom. The highest BCUT2D eigenvalue weighted by molar-refractivity contribution is 7.18. The van der Waals surface area contributed by atoms with Crippen molar-refractivity contribution < 1.29 is 9.53 Å². The molecule has 0 saturated carbocycles. The molecule has 4 rings (SSSR count). The van der Waals surface area contributed by atoms with E-state index in [1.165, 1.54) is 4.88 Å². The molecular formula is C25H31N7O2S. The van der Waals surface area contributed by atoms with Crippen molar-refractivity contribution in [1.82, 2.24) is 29.8 Å². The van der Waals surface area contributed by atoms with Gasteiger partial charge in [-0.15, -0.1) is 11.3 Å². The quantitative estimate of drug-likeness (QED) is 0.396. The molecule has 184 valence electrons. The van der Waals surface area contributed by atoms with Crippen LogP contribution in [0.5, 0.6) is 5.75 Å². The molecular weight excluding hydrogens is 462 g/mol. The summed E-state index contributed by atoms with van der Waals surface area (Å²) in [5.41, 5.74) is 1.44. The molecule has 4 aromatic rings. The number of fused-ring (bicyclic) bond motifs is 1. The number of imidazole rings is 1. The van der Waals surface area contributed by atoms with Gasteiger partial charge in [0.2, 0.25) is 5.91 Å². The zero-order chi connectivity index (χ0) is 25.2. The molecule has 35 heavy (non-hydrogen) atoms. The second-order valence-electron chi connectivity index (χ2n) is 9.51. The van der Waals surface area contributed by atoms with E-state index in [0.717, 1.165) is 15.8 Å². The van der Waals surface area contributed by atoms with E-state index in [-0.39, 0.29) is 18.0 Å². The number of nitrogens with one attached hydrogen (secondary N) is 1. The van der Waals surface area contributed by atoms with Gasteiger partial charge in [0.05, 0.1) is 24.8 Å². The minimum absolute atomic E-state index is 0.0654. The second kappa shape index (κ2) is 9.99. The van der Waals surface area contributed by atoms with E-state index in [1.54, 1.807) is 30.1 Å². The van der Waals surface area contributed by atoms with Crippen LogP contribution in [0.2, 0.25) is 0 Å². The zero-order valence-corrected chi connectivity index (χ0v) is 21.8. The summed E-state index contributed by atoms with van der Waals surface area (Å²) in [7, 11) is 1.88. The van der Waals surface area contributed by atoms with Crippen LogP contribution >= 0.6 is 11.3 Å². The third-order valence-corrected chi connectivity index (χ3v) is 6.51. The van der Waals surface area contributed by atoms with Crippen LogP contribution < -0.4 is 15.0 Å². The fraction of sp³-hybridized carbons (Fsp3) is 0.400. The maximum absolute atomic E-state index is 12.6. The van der Waals surface area contributed by atoms with Gasteiger partial charge >= 0.3 is 0 Å². The Hall–Kier alpha value is -3.53. The molecule has 0 radical (unpaired) electrons. The van der Waals surface area contributed by atoms with Gasteiger partial charge < -0.3 is 19.5 Å². The molecule has 0 aliphatic rings. The highest BCUT2D eigenvalue weighted by Gasteiger charge is 2.21. The Balaban J connectivity index is 1.63. The summed E-state index contributed by atoms with van der Waals surface area (Å²) in [5, 5.41) is 3.98. The molecule has 1 N–H and O–H groups in total. The second-order valence-corrected chi connectivity index (χ2v) is 10.7. The highest BCUT2D eigenvalue weighted by atomic mass is 32.1. The molecule has 1 amide bonds. The molecule has 0 fully saturated rings. The average Bonchev–Trinajstić information content (AvgIpc) is 3.40. The van der Waals surface area contributed by atoms with Crippen molar-refractivity contribution >= 4 is 33.3 Å². The Kier molecular flexibility index (Phi) is 7.02. The van der Waals surface area contributed by atoms with Crippen LogP contribution in [-0.2, 0) is 11.3 Å². The van der Waals surface area contributed by atoms with E-state index >= 15 is 0 Å². The van der Waals surface area contributed by atoms with Gasteiger partial charge in [-0.25, -0.2) is 15.0 Å². The van der Waals surface area contributed by atoms with Crippen LogP contribution in [0.15, 0.2) is 37.1 Å². The lowest BCUT2D eigenvalue weighted by Crippen LogP contribution is -2.45. The van der Waals surface area contributed by atoms with E-state index in [9.17, 15) is 4.79 Å². The fourth-order valence-electron chi connectivity index (χ4n) is 3.68. The molecule has 10 heteroatoms. The molecule has 0 saturated heterocycles. The van der Waals surface area contributed by atoms with E-state index in [2.05, 4.69) is 29.1 Å². The van der Waals surface area contributed by atoms with Crippen molar-refractivity contribution in [2.24, 2.45) is 0 Å². The Bertz CT molecular complexity index is 1330. The maximum Gasteiger partial charge on any atom is 0.239 e. The van der Waals surface area contributed by atoms with Crippen molar-refractivity contribution in [1.29, 1.82) is 0 Å². The lowest BCUT2D eigenvalue weighted by Gasteiger charge is -2.24. The van der Waals surface area contributed by atoms with Crippen molar-refractivity contribution in [2.75, 3.05) is 25.1 Å². The van der Waals surface area contributed by atoms with Gasteiger partial charge in [-0.2, -0.15) is 0 Å². The lowest BCUT2D eigenvalue weighted by molar-refractivity contribution is -0.121. The molecule has 9 nitrogen and oxygen atoms in total. The number of thiophene rings is 1. The Labute approximate surface area is 209 Å². The molecule has 0 aliphatic carbocycles. The number of anilines is 1. The highest BCUT2D eigenvalue weighted by Crippen LogP contribution is 2.36. The molecule has 0 aromatic carbocycles. The lowest BCUT2D eigenvalue weighted by atomic mass is 10.1. The van der Waals surface area contributed by atoms with Crippen LogP contribution in [0.1, 0.15) is 31.2 Å². The van der Waals surface area contributed by atoms with E-state index in [4.69, 9.17) is 14.7 Å². The van der Waals surface area contributed by atoms with Gasteiger partial charge in [0.1, 0.15) is 28.7 Å². The number of pyridine rings is 1. The summed E-state index contributed by atoms with van der Waals surface area (Å²) in [6, 6.07) is 3.66. The first-order valence-corrected chi connectivity index (χ1v) is 12.3. The van der Waals surface area contributed by atoms with Gasteiger partial charge in [0, 0.05) is 42.1 Å². The zero-order valence-electron chi connectivity index (χ0n) is 21.0. The standard InChI is InChI=1S/C25H31N7O2S/c1-16-17(2)35-24-21(16)23(31(6)14-20(33)30-25(3,4)5)28-22(29-24)19-13-18(7-8-27-19)34-12-11-32-10-9-26-15-32/h7-10,13,15H,11-12,14H2,1-6H3,(H,30,33). The van der Waals surface area contributed by atoms with Crippen LogP contribution in [0.3, 0.4) is 0 Å². The molecule has 0 unspecified atom stereocenters. The molecule has 4 heterocycles. The number of rotatable bonds is 8. The number of hydrogen-bond donors (Lipinski definition) is 1. The third kappa shape index (κ3) is 5.94. The third-order valence-electron chi connectivity index (χ3n) is 5.40. The van der Waals surface area contributed by atoms with Gasteiger partial charge in [0.25, 0.3) is 0 Å². The van der Waals surface area contributed by atoms with Crippen LogP contribution in [0.25, 0.3) is 21.7 Å². The normalized spacial score (nSPS) is 11.6. The first kappa shape index (κ1) is 24.6. The number of aryl methyl sites for hydroxylation is 2. The van der Waals surface area contributed by atoms with Crippen molar-refractivity contribution in [2.45, 2.75) is 46.7 Å². The van der Waals surface area contributed by atoms with E-state index in [0.29, 0.717) is 36.2 Å². The van der Waals surface area contributed by atoms with Crippen molar-refractivity contribution in [3.63, 3.8) is 0 Å². The van der Waals surface area contributed by atoms with Crippen LogP contribution in [0, 0.1) is 13.8 Å². The minimum Gasteiger partial charge on any atom is -0.492 e. The summed E-state index contributed by atoms with van der Waals surface area (Å²) in [6.45, 7) is 11.4.